The Morgan fingerprint density at radius 3 is 2.71 bits per heavy atom. The van der Waals surface area contributed by atoms with E-state index in [0.29, 0.717) is 11.3 Å². The highest BCUT2D eigenvalue weighted by atomic mass is 16.5. The van der Waals surface area contributed by atoms with Gasteiger partial charge in [-0.1, -0.05) is 30.3 Å². The van der Waals surface area contributed by atoms with Gasteiger partial charge in [0.25, 0.3) is 0 Å². The van der Waals surface area contributed by atoms with Gasteiger partial charge in [-0.05, 0) is 19.4 Å². The number of amides is 3. The van der Waals surface area contributed by atoms with Crippen molar-refractivity contribution in [3.63, 3.8) is 0 Å². The molecule has 7 heteroatoms. The van der Waals surface area contributed by atoms with Crippen molar-refractivity contribution in [1.82, 2.24) is 15.5 Å². The molecule has 2 aliphatic rings. The molecule has 1 atom stereocenters. The quantitative estimate of drug-likeness (QED) is 0.810. The van der Waals surface area contributed by atoms with Crippen LogP contribution in [-0.4, -0.2) is 42.0 Å². The zero-order chi connectivity index (χ0) is 17.3. The summed E-state index contributed by atoms with van der Waals surface area (Å²) in [6.07, 6.45) is 0. The van der Waals surface area contributed by atoms with E-state index in [-0.39, 0.29) is 25.1 Å². The number of benzene rings is 1. The second-order valence-electron chi connectivity index (χ2n) is 6.04. The number of esters is 1. The minimum Gasteiger partial charge on any atom is -0.456 e. The Balaban J connectivity index is 1.92. The molecular weight excluding hydrogens is 310 g/mol. The van der Waals surface area contributed by atoms with Gasteiger partial charge >= 0.3 is 12.0 Å². The highest BCUT2D eigenvalue weighted by Crippen LogP contribution is 2.34. The Kier molecular flexibility index (Phi) is 4.24. The van der Waals surface area contributed by atoms with Crippen LogP contribution in [0.3, 0.4) is 0 Å². The van der Waals surface area contributed by atoms with Crippen LogP contribution < -0.4 is 10.6 Å². The standard InChI is InChI=1S/C17H19N3O4/c1-10(2)18-13(21)8-20-12-9-24-16(22)14(12)15(19-17(20)23)11-6-4-3-5-7-11/h3-7,10,15H,8-9H2,1-2H3,(H,18,21)(H,19,23)/t15-/m1/s1. The van der Waals surface area contributed by atoms with Crippen molar-refractivity contribution in [2.24, 2.45) is 0 Å². The fourth-order valence-corrected chi connectivity index (χ4v) is 2.89. The molecule has 0 saturated heterocycles. The molecule has 126 valence electrons. The molecule has 2 heterocycles. The van der Waals surface area contributed by atoms with Crippen LogP contribution in [0.25, 0.3) is 0 Å². The fourth-order valence-electron chi connectivity index (χ4n) is 2.89. The van der Waals surface area contributed by atoms with E-state index in [2.05, 4.69) is 10.6 Å². The van der Waals surface area contributed by atoms with Gasteiger partial charge < -0.3 is 15.4 Å². The zero-order valence-electron chi connectivity index (χ0n) is 13.5. The van der Waals surface area contributed by atoms with Crippen molar-refractivity contribution in [3.05, 3.63) is 47.2 Å². The molecule has 3 rings (SSSR count). The lowest BCUT2D eigenvalue weighted by atomic mass is 9.96. The van der Waals surface area contributed by atoms with E-state index < -0.39 is 18.0 Å². The van der Waals surface area contributed by atoms with E-state index in [1.807, 2.05) is 44.2 Å². The second kappa shape index (κ2) is 6.35. The molecule has 0 aliphatic carbocycles. The molecule has 0 saturated carbocycles. The normalized spacial score (nSPS) is 20.0. The van der Waals surface area contributed by atoms with E-state index in [9.17, 15) is 14.4 Å². The first-order valence-electron chi connectivity index (χ1n) is 7.80. The molecule has 0 bridgehead atoms. The summed E-state index contributed by atoms with van der Waals surface area (Å²) in [5.41, 5.74) is 1.64. The summed E-state index contributed by atoms with van der Waals surface area (Å²) in [5.74, 6) is -0.752. The molecule has 2 aliphatic heterocycles. The van der Waals surface area contributed by atoms with Crippen LogP contribution in [0.2, 0.25) is 0 Å². The summed E-state index contributed by atoms with van der Waals surface area (Å²) < 4.78 is 5.11. The number of carbonyl (C=O) groups is 3. The second-order valence-corrected chi connectivity index (χ2v) is 6.04. The highest BCUT2D eigenvalue weighted by molar-refractivity contribution is 5.98. The van der Waals surface area contributed by atoms with Crippen LogP contribution in [0.5, 0.6) is 0 Å². The minimum atomic E-state index is -0.562. The molecule has 1 aromatic rings. The van der Waals surface area contributed by atoms with Gasteiger partial charge in [0.15, 0.2) is 0 Å². The maximum atomic E-state index is 12.5. The Hall–Kier alpha value is -2.83. The number of urea groups is 1. The largest absolute Gasteiger partial charge is 0.456 e. The minimum absolute atomic E-state index is 0.000120. The molecule has 7 nitrogen and oxygen atoms in total. The number of cyclic esters (lactones) is 1. The number of hydrogen-bond acceptors (Lipinski definition) is 4. The van der Waals surface area contributed by atoms with E-state index in [1.54, 1.807) is 0 Å². The van der Waals surface area contributed by atoms with Crippen LogP contribution in [0.15, 0.2) is 41.6 Å². The molecule has 24 heavy (non-hydrogen) atoms. The first kappa shape index (κ1) is 16.0. The van der Waals surface area contributed by atoms with Crippen LogP contribution in [-0.2, 0) is 14.3 Å². The molecular formula is C17H19N3O4. The van der Waals surface area contributed by atoms with E-state index in [4.69, 9.17) is 4.74 Å². The Labute approximate surface area is 139 Å². The molecule has 2 N–H and O–H groups in total. The lowest BCUT2D eigenvalue weighted by Crippen LogP contribution is -2.51. The van der Waals surface area contributed by atoms with Crippen LogP contribution >= 0.6 is 0 Å². The average Bonchev–Trinajstić information content (AvgIpc) is 2.92. The lowest BCUT2D eigenvalue weighted by Gasteiger charge is -2.32. The average molecular weight is 329 g/mol. The zero-order valence-corrected chi connectivity index (χ0v) is 13.5. The summed E-state index contributed by atoms with van der Waals surface area (Å²) in [7, 11) is 0. The van der Waals surface area contributed by atoms with Gasteiger partial charge in [0, 0.05) is 6.04 Å². The van der Waals surface area contributed by atoms with E-state index in [1.165, 1.54) is 4.90 Å². The number of rotatable bonds is 4. The van der Waals surface area contributed by atoms with Crippen LogP contribution in [0, 0.1) is 0 Å². The molecule has 0 radical (unpaired) electrons. The first-order chi connectivity index (χ1) is 11.5. The van der Waals surface area contributed by atoms with Crippen molar-refractivity contribution >= 4 is 17.9 Å². The maximum Gasteiger partial charge on any atom is 0.338 e. The highest BCUT2D eigenvalue weighted by Gasteiger charge is 2.42. The number of carbonyl (C=O) groups excluding carboxylic acids is 3. The van der Waals surface area contributed by atoms with Crippen molar-refractivity contribution in [1.29, 1.82) is 0 Å². The van der Waals surface area contributed by atoms with Gasteiger partial charge in [-0.3, -0.25) is 9.69 Å². The first-order valence-corrected chi connectivity index (χ1v) is 7.80. The maximum absolute atomic E-state index is 12.5. The summed E-state index contributed by atoms with van der Waals surface area (Å²) in [6, 6.07) is 8.20. The summed E-state index contributed by atoms with van der Waals surface area (Å²) in [5, 5.41) is 5.53. The summed E-state index contributed by atoms with van der Waals surface area (Å²) >= 11 is 0. The van der Waals surface area contributed by atoms with Crippen molar-refractivity contribution in [3.8, 4) is 0 Å². The lowest BCUT2D eigenvalue weighted by molar-refractivity contribution is -0.136. The number of nitrogens with zero attached hydrogens (tertiary/aromatic N) is 1. The Morgan fingerprint density at radius 2 is 2.04 bits per heavy atom. The predicted molar refractivity (Wildman–Crippen MR) is 85.7 cm³/mol. The summed E-state index contributed by atoms with van der Waals surface area (Å²) in [4.78, 5) is 37.9. The van der Waals surface area contributed by atoms with Gasteiger partial charge in [-0.25, -0.2) is 9.59 Å². The number of nitrogens with one attached hydrogen (secondary N) is 2. The third-order valence-corrected chi connectivity index (χ3v) is 3.88. The smallest absolute Gasteiger partial charge is 0.338 e. The fraction of sp³-hybridized carbons (Fsp3) is 0.353. The van der Waals surface area contributed by atoms with Gasteiger partial charge in [0.05, 0.1) is 17.3 Å². The molecule has 0 aromatic heterocycles. The third-order valence-electron chi connectivity index (χ3n) is 3.88. The van der Waals surface area contributed by atoms with Crippen LogP contribution in [0.4, 0.5) is 4.79 Å². The molecule has 1 aromatic carbocycles. The van der Waals surface area contributed by atoms with Crippen molar-refractivity contribution < 1.29 is 19.1 Å². The third kappa shape index (κ3) is 2.97. The van der Waals surface area contributed by atoms with E-state index >= 15 is 0 Å². The predicted octanol–water partition coefficient (Wildman–Crippen LogP) is 1.09. The molecule has 0 spiro atoms. The van der Waals surface area contributed by atoms with Crippen molar-refractivity contribution in [2.45, 2.75) is 25.9 Å². The molecule has 0 unspecified atom stereocenters. The summed E-state index contributed by atoms with van der Waals surface area (Å²) in [6.45, 7) is 3.53. The van der Waals surface area contributed by atoms with Gasteiger partial charge in [0.2, 0.25) is 5.91 Å². The van der Waals surface area contributed by atoms with Crippen molar-refractivity contribution in [2.75, 3.05) is 13.2 Å². The topological polar surface area (TPSA) is 87.7 Å². The van der Waals surface area contributed by atoms with E-state index in [0.717, 1.165) is 5.56 Å². The van der Waals surface area contributed by atoms with Gasteiger partial charge in [-0.15, -0.1) is 0 Å². The van der Waals surface area contributed by atoms with Gasteiger partial charge in [0.1, 0.15) is 13.2 Å². The molecule has 0 fully saturated rings. The van der Waals surface area contributed by atoms with Gasteiger partial charge in [-0.2, -0.15) is 0 Å². The Morgan fingerprint density at radius 1 is 1.33 bits per heavy atom. The van der Waals surface area contributed by atoms with Crippen LogP contribution in [0.1, 0.15) is 25.5 Å². The number of hydrogen-bond donors (Lipinski definition) is 2. The molecule has 3 amide bonds. The SMILES string of the molecule is CC(C)NC(=O)CN1C(=O)N[C@H](c2ccccc2)C2=C1COC2=O. The Bertz CT molecular complexity index is 712. The monoisotopic (exact) mass is 329 g/mol. The number of ether oxygens (including phenoxy) is 1.